The van der Waals surface area contributed by atoms with Gasteiger partial charge in [0.15, 0.2) is 6.10 Å². The summed E-state index contributed by atoms with van der Waals surface area (Å²) in [6, 6.07) is 5.58. The minimum absolute atomic E-state index is 0.0547. The third-order valence-corrected chi connectivity index (χ3v) is 6.47. The number of sulfonamides is 1. The molecule has 150 valence electrons. The average Bonchev–Trinajstić information content (AvgIpc) is 2.61. The van der Waals surface area contributed by atoms with Crippen LogP contribution in [0.25, 0.3) is 0 Å². The van der Waals surface area contributed by atoms with Gasteiger partial charge in [-0.25, -0.2) is 13.2 Å². The molecule has 7 nitrogen and oxygen atoms in total. The maximum atomic E-state index is 12.7. The van der Waals surface area contributed by atoms with Gasteiger partial charge in [0, 0.05) is 19.1 Å². The summed E-state index contributed by atoms with van der Waals surface area (Å²) in [5.41, 5.74) is 0.199. The lowest BCUT2D eigenvalue weighted by molar-refractivity contribution is -0.129. The van der Waals surface area contributed by atoms with Crippen molar-refractivity contribution in [1.82, 2.24) is 9.62 Å². The van der Waals surface area contributed by atoms with Gasteiger partial charge in [-0.05, 0) is 63.8 Å². The van der Waals surface area contributed by atoms with Crippen molar-refractivity contribution in [2.24, 2.45) is 5.92 Å². The second-order valence-corrected chi connectivity index (χ2v) is 9.26. The molecule has 1 atom stereocenters. The Bertz CT molecular complexity index is 766. The van der Waals surface area contributed by atoms with Gasteiger partial charge in [-0.2, -0.15) is 4.31 Å². The van der Waals surface area contributed by atoms with Crippen LogP contribution >= 0.6 is 0 Å². The first-order chi connectivity index (χ1) is 12.6. The molecule has 1 aromatic carbocycles. The lowest BCUT2D eigenvalue weighted by Gasteiger charge is -2.29. The summed E-state index contributed by atoms with van der Waals surface area (Å²) in [6.45, 7) is 8.26. The highest BCUT2D eigenvalue weighted by molar-refractivity contribution is 7.89. The highest BCUT2D eigenvalue weighted by atomic mass is 32.2. The van der Waals surface area contributed by atoms with E-state index in [0.29, 0.717) is 19.0 Å². The summed E-state index contributed by atoms with van der Waals surface area (Å²) in [6.07, 6.45) is 0.763. The number of ether oxygens (including phenoxy) is 1. The molecule has 0 saturated carbocycles. The van der Waals surface area contributed by atoms with Crippen molar-refractivity contribution in [1.29, 1.82) is 0 Å². The van der Waals surface area contributed by atoms with E-state index in [9.17, 15) is 18.0 Å². The fourth-order valence-corrected chi connectivity index (χ4v) is 4.29. The normalized spacial score (nSPS) is 17.5. The Morgan fingerprint density at radius 2 is 1.67 bits per heavy atom. The van der Waals surface area contributed by atoms with E-state index in [1.165, 1.54) is 35.5 Å². The molecule has 0 unspecified atom stereocenters. The number of hydrogen-bond acceptors (Lipinski definition) is 5. The van der Waals surface area contributed by atoms with Crippen LogP contribution in [0.2, 0.25) is 0 Å². The van der Waals surface area contributed by atoms with Crippen molar-refractivity contribution in [3.05, 3.63) is 29.8 Å². The van der Waals surface area contributed by atoms with E-state index in [1.807, 2.05) is 13.8 Å². The molecule has 1 heterocycles. The minimum atomic E-state index is -3.56. The van der Waals surface area contributed by atoms with Gasteiger partial charge in [0.2, 0.25) is 10.0 Å². The highest BCUT2D eigenvalue weighted by Gasteiger charge is 2.28. The van der Waals surface area contributed by atoms with Crippen LogP contribution < -0.4 is 5.32 Å². The summed E-state index contributed by atoms with van der Waals surface area (Å²) >= 11 is 0. The lowest BCUT2D eigenvalue weighted by Crippen LogP contribution is -2.39. The Kier molecular flexibility index (Phi) is 7.00. The zero-order valence-electron chi connectivity index (χ0n) is 16.3. The predicted octanol–water partition coefficient (Wildman–Crippen LogP) is 2.18. The molecule has 1 saturated heterocycles. The van der Waals surface area contributed by atoms with Crippen LogP contribution in [0.1, 0.15) is 50.9 Å². The van der Waals surface area contributed by atoms with Crippen LogP contribution in [0.4, 0.5) is 0 Å². The molecular weight excluding hydrogens is 368 g/mol. The molecule has 1 N–H and O–H groups in total. The zero-order chi connectivity index (χ0) is 20.2. The van der Waals surface area contributed by atoms with Gasteiger partial charge >= 0.3 is 5.97 Å². The smallest absolute Gasteiger partial charge is 0.338 e. The number of carbonyl (C=O) groups excluding carboxylic acids is 2. The number of piperidine rings is 1. The molecule has 1 aliphatic heterocycles. The summed E-state index contributed by atoms with van der Waals surface area (Å²) in [5, 5.41) is 2.67. The number of carbonyl (C=O) groups is 2. The first-order valence-corrected chi connectivity index (χ1v) is 10.7. The molecule has 1 fully saturated rings. The van der Waals surface area contributed by atoms with Crippen molar-refractivity contribution in [3.63, 3.8) is 0 Å². The van der Waals surface area contributed by atoms with Gasteiger partial charge in [0.25, 0.3) is 5.91 Å². The Balaban J connectivity index is 2.03. The number of hydrogen-bond donors (Lipinski definition) is 1. The maximum absolute atomic E-state index is 12.7. The van der Waals surface area contributed by atoms with E-state index in [4.69, 9.17) is 4.74 Å². The summed E-state index contributed by atoms with van der Waals surface area (Å²) in [5.74, 6) is -0.516. The minimum Gasteiger partial charge on any atom is -0.449 e. The molecule has 0 aliphatic carbocycles. The zero-order valence-corrected chi connectivity index (χ0v) is 17.1. The SMILES string of the molecule is CC1CCN(S(=O)(=O)c2ccc(C(=O)O[C@H](C)C(=O)NC(C)C)cc2)CC1. The van der Waals surface area contributed by atoms with Crippen LogP contribution in [0.5, 0.6) is 0 Å². The highest BCUT2D eigenvalue weighted by Crippen LogP contribution is 2.23. The van der Waals surface area contributed by atoms with E-state index in [2.05, 4.69) is 12.2 Å². The predicted molar refractivity (Wildman–Crippen MR) is 102 cm³/mol. The van der Waals surface area contributed by atoms with Crippen molar-refractivity contribution in [2.75, 3.05) is 13.1 Å². The van der Waals surface area contributed by atoms with E-state index in [1.54, 1.807) is 0 Å². The number of nitrogens with zero attached hydrogens (tertiary/aromatic N) is 1. The number of esters is 1. The van der Waals surface area contributed by atoms with Crippen LogP contribution in [0.15, 0.2) is 29.2 Å². The van der Waals surface area contributed by atoms with Gasteiger partial charge in [0.1, 0.15) is 0 Å². The van der Waals surface area contributed by atoms with Crippen molar-refractivity contribution < 1.29 is 22.7 Å². The van der Waals surface area contributed by atoms with Gasteiger partial charge in [-0.15, -0.1) is 0 Å². The summed E-state index contributed by atoms with van der Waals surface area (Å²) in [7, 11) is -3.56. The molecule has 2 rings (SSSR count). The monoisotopic (exact) mass is 396 g/mol. The number of nitrogens with one attached hydrogen (secondary N) is 1. The van der Waals surface area contributed by atoms with Crippen molar-refractivity contribution in [2.45, 2.75) is 57.6 Å². The lowest BCUT2D eigenvalue weighted by atomic mass is 10.0. The van der Waals surface area contributed by atoms with Crippen molar-refractivity contribution >= 4 is 21.9 Å². The molecule has 0 spiro atoms. The molecule has 1 aliphatic rings. The third-order valence-electron chi connectivity index (χ3n) is 4.55. The number of amides is 1. The third kappa shape index (κ3) is 5.52. The first kappa shape index (κ1) is 21.4. The standard InChI is InChI=1S/C19H28N2O5S/c1-13(2)20-18(22)15(4)26-19(23)16-5-7-17(8-6-16)27(24,25)21-11-9-14(3)10-12-21/h5-8,13-15H,9-12H2,1-4H3,(H,20,22)/t15-/m1/s1. The summed E-state index contributed by atoms with van der Waals surface area (Å²) in [4.78, 5) is 24.2. The molecular formula is C19H28N2O5S. The van der Waals surface area contributed by atoms with Crippen LogP contribution in [-0.2, 0) is 19.6 Å². The van der Waals surface area contributed by atoms with Crippen LogP contribution in [0.3, 0.4) is 0 Å². The molecule has 1 amide bonds. The largest absolute Gasteiger partial charge is 0.449 e. The Hall–Kier alpha value is -1.93. The molecule has 8 heteroatoms. The van der Waals surface area contributed by atoms with Gasteiger partial charge < -0.3 is 10.1 Å². The quantitative estimate of drug-likeness (QED) is 0.744. The fraction of sp³-hybridized carbons (Fsp3) is 0.579. The van der Waals surface area contributed by atoms with Gasteiger partial charge in [-0.1, -0.05) is 6.92 Å². The van der Waals surface area contributed by atoms with Crippen LogP contribution in [0, 0.1) is 5.92 Å². The molecule has 1 aromatic rings. The van der Waals surface area contributed by atoms with E-state index in [-0.39, 0.29) is 22.4 Å². The van der Waals surface area contributed by atoms with E-state index >= 15 is 0 Å². The van der Waals surface area contributed by atoms with Gasteiger partial charge in [-0.3, -0.25) is 4.79 Å². The van der Waals surface area contributed by atoms with E-state index < -0.39 is 22.1 Å². The van der Waals surface area contributed by atoms with Crippen LogP contribution in [-0.4, -0.2) is 49.8 Å². The number of benzene rings is 1. The fourth-order valence-electron chi connectivity index (χ4n) is 2.82. The molecule has 0 radical (unpaired) electrons. The Morgan fingerprint density at radius 3 is 2.19 bits per heavy atom. The van der Waals surface area contributed by atoms with Crippen molar-refractivity contribution in [3.8, 4) is 0 Å². The molecule has 27 heavy (non-hydrogen) atoms. The van der Waals surface area contributed by atoms with Gasteiger partial charge in [0.05, 0.1) is 10.5 Å². The Morgan fingerprint density at radius 1 is 1.11 bits per heavy atom. The maximum Gasteiger partial charge on any atom is 0.338 e. The average molecular weight is 397 g/mol. The number of rotatable bonds is 6. The Labute approximate surface area is 161 Å². The molecule has 0 aromatic heterocycles. The topological polar surface area (TPSA) is 92.8 Å². The first-order valence-electron chi connectivity index (χ1n) is 9.23. The summed E-state index contributed by atoms with van der Waals surface area (Å²) < 4.78 is 32.0. The molecule has 0 bridgehead atoms. The van der Waals surface area contributed by atoms with E-state index in [0.717, 1.165) is 12.8 Å². The second kappa shape index (κ2) is 8.84. The second-order valence-electron chi connectivity index (χ2n) is 7.32.